The molecule has 3 aromatic rings. The summed E-state index contributed by atoms with van der Waals surface area (Å²) in [4.78, 5) is 18.0. The van der Waals surface area contributed by atoms with E-state index in [9.17, 15) is 13.2 Å². The van der Waals surface area contributed by atoms with Gasteiger partial charge in [-0.1, -0.05) is 54.1 Å². The molecule has 0 aromatic heterocycles. The maximum Gasteiger partial charge on any atom is 0.233 e. The summed E-state index contributed by atoms with van der Waals surface area (Å²) in [7, 11) is -3.90. The molecule has 0 unspecified atom stereocenters. The monoisotopic (exact) mass is 515 g/mol. The fourth-order valence-electron chi connectivity index (χ4n) is 4.03. The summed E-state index contributed by atoms with van der Waals surface area (Å²) in [5.74, 6) is 0.316. The van der Waals surface area contributed by atoms with Crippen molar-refractivity contribution in [2.45, 2.75) is 29.9 Å². The lowest BCUT2D eigenvalue weighted by Gasteiger charge is -2.42. The molecule has 1 fully saturated rings. The number of ether oxygens (including phenoxy) is 2. The summed E-state index contributed by atoms with van der Waals surface area (Å²) in [6, 6.07) is 22.5. The van der Waals surface area contributed by atoms with Crippen LogP contribution in [0.4, 0.5) is 0 Å². The Morgan fingerprint density at radius 2 is 1.60 bits per heavy atom. The lowest BCUT2D eigenvalue weighted by molar-refractivity contribution is -0.224. The molecule has 0 aliphatic carbocycles. The molecule has 0 saturated carbocycles. The van der Waals surface area contributed by atoms with E-state index in [1.165, 1.54) is 6.07 Å². The molecule has 0 bridgehead atoms. The molecule has 4 rings (SSSR count). The number of carbonyl (C=O) groups is 1. The summed E-state index contributed by atoms with van der Waals surface area (Å²) < 4.78 is 38.8. The van der Waals surface area contributed by atoms with Gasteiger partial charge < -0.3 is 9.47 Å². The molecule has 0 spiro atoms. The number of rotatable bonds is 10. The fourth-order valence-corrected chi connectivity index (χ4v) is 6.14. The highest BCUT2D eigenvalue weighted by Crippen LogP contribution is 2.35. The van der Waals surface area contributed by atoms with Crippen LogP contribution in [-0.2, 0) is 30.8 Å². The largest absolute Gasteiger partial charge is 0.456 e. The molecule has 1 amide bonds. The number of para-hydroxylation sites is 1. The topological polar surface area (TPSA) is 82.1 Å². The average molecular weight is 516 g/mol. The molecule has 1 heterocycles. The van der Waals surface area contributed by atoms with Crippen molar-refractivity contribution >= 4 is 27.8 Å². The Morgan fingerprint density at radius 3 is 2.29 bits per heavy atom. The van der Waals surface area contributed by atoms with Crippen LogP contribution >= 0.6 is 11.6 Å². The van der Waals surface area contributed by atoms with Gasteiger partial charge in [0.15, 0.2) is 9.84 Å². The number of hydroxylamine groups is 2. The number of hydrogen-bond acceptors (Lipinski definition) is 6. The number of benzene rings is 3. The van der Waals surface area contributed by atoms with E-state index in [1.54, 1.807) is 42.5 Å². The van der Waals surface area contributed by atoms with Gasteiger partial charge in [-0.25, -0.2) is 13.5 Å². The Balaban J connectivity index is 1.61. The normalized spacial score (nSPS) is 15.3. The van der Waals surface area contributed by atoms with Crippen LogP contribution in [0.25, 0.3) is 0 Å². The van der Waals surface area contributed by atoms with Crippen LogP contribution in [0.5, 0.6) is 11.5 Å². The van der Waals surface area contributed by atoms with Crippen molar-refractivity contribution in [3.63, 3.8) is 0 Å². The van der Waals surface area contributed by atoms with Crippen molar-refractivity contribution in [3.8, 4) is 11.5 Å². The summed E-state index contributed by atoms with van der Waals surface area (Å²) in [5, 5.41) is 1.70. The Labute approximate surface area is 210 Å². The quantitative estimate of drug-likeness (QED) is 0.278. The van der Waals surface area contributed by atoms with Crippen molar-refractivity contribution in [3.05, 3.63) is 89.4 Å². The number of nitrogens with zero attached hydrogens (tertiary/aromatic N) is 1. The van der Waals surface area contributed by atoms with Gasteiger partial charge >= 0.3 is 0 Å². The number of carbonyl (C=O) groups excluding carboxylic acids is 1. The Kier molecular flexibility index (Phi) is 8.07. The van der Waals surface area contributed by atoms with Gasteiger partial charge in [0.1, 0.15) is 23.0 Å². The first-order valence-corrected chi connectivity index (χ1v) is 13.2. The Bertz CT molecular complexity index is 1230. The van der Waals surface area contributed by atoms with Crippen LogP contribution in [0.3, 0.4) is 0 Å². The van der Waals surface area contributed by atoms with E-state index in [1.807, 2.05) is 30.3 Å². The summed E-state index contributed by atoms with van der Waals surface area (Å²) >= 11 is 5.94. The van der Waals surface area contributed by atoms with Gasteiger partial charge in [0, 0.05) is 18.2 Å². The molecule has 1 saturated heterocycles. The third-order valence-corrected chi connectivity index (χ3v) is 8.06. The minimum absolute atomic E-state index is 0.0368. The number of halogens is 1. The van der Waals surface area contributed by atoms with Crippen LogP contribution in [0.15, 0.2) is 83.8 Å². The first-order chi connectivity index (χ1) is 16.9. The minimum Gasteiger partial charge on any atom is -0.456 e. The van der Waals surface area contributed by atoms with E-state index in [-0.39, 0.29) is 23.0 Å². The Morgan fingerprint density at radius 1 is 0.943 bits per heavy atom. The van der Waals surface area contributed by atoms with Gasteiger partial charge in [-0.05, 0) is 54.8 Å². The van der Waals surface area contributed by atoms with E-state index in [0.29, 0.717) is 43.2 Å². The highest BCUT2D eigenvalue weighted by Gasteiger charge is 2.44. The van der Waals surface area contributed by atoms with Crippen molar-refractivity contribution in [2.75, 3.05) is 19.0 Å². The third kappa shape index (κ3) is 6.21. The minimum atomic E-state index is -3.90. The number of amides is 1. The molecule has 1 aliphatic rings. The SMILES string of the molecule is O=CN(OCc1ccccc1)C1(CS(=O)(=O)c2ccccc2Oc2ccc(Cl)cc2)CCOCC1. The molecule has 3 aromatic carbocycles. The van der Waals surface area contributed by atoms with Gasteiger partial charge in [-0.3, -0.25) is 9.63 Å². The molecular weight excluding hydrogens is 490 g/mol. The van der Waals surface area contributed by atoms with Crippen LogP contribution in [0, 0.1) is 0 Å². The lowest BCUT2D eigenvalue weighted by Crippen LogP contribution is -2.55. The molecule has 0 radical (unpaired) electrons. The second-order valence-corrected chi connectivity index (χ2v) is 10.7. The standard InChI is InChI=1S/C26H26ClNO6S/c27-22-10-12-23(13-11-22)34-24-8-4-5-9-25(24)35(30,31)19-26(14-16-32-17-15-26)28(20-29)33-18-21-6-2-1-3-7-21/h1-13,20H,14-19H2. The molecule has 0 atom stereocenters. The fraction of sp³-hybridized carbons (Fsp3) is 0.269. The van der Waals surface area contributed by atoms with Crippen LogP contribution < -0.4 is 4.74 Å². The van der Waals surface area contributed by atoms with E-state index in [0.717, 1.165) is 10.6 Å². The van der Waals surface area contributed by atoms with Gasteiger partial charge in [-0.15, -0.1) is 0 Å². The smallest absolute Gasteiger partial charge is 0.233 e. The van der Waals surface area contributed by atoms with Crippen LogP contribution in [0.1, 0.15) is 18.4 Å². The van der Waals surface area contributed by atoms with E-state index in [4.69, 9.17) is 25.9 Å². The van der Waals surface area contributed by atoms with E-state index >= 15 is 0 Å². The molecular formula is C26H26ClNO6S. The van der Waals surface area contributed by atoms with Crippen molar-refractivity contribution < 1.29 is 27.5 Å². The van der Waals surface area contributed by atoms with Crippen molar-refractivity contribution in [2.24, 2.45) is 0 Å². The first kappa shape index (κ1) is 25.2. The molecule has 7 nitrogen and oxygen atoms in total. The maximum absolute atomic E-state index is 13.7. The first-order valence-electron chi connectivity index (χ1n) is 11.2. The summed E-state index contributed by atoms with van der Waals surface area (Å²) in [5.41, 5.74) is -0.216. The molecule has 184 valence electrons. The summed E-state index contributed by atoms with van der Waals surface area (Å²) in [6.07, 6.45) is 1.19. The van der Waals surface area contributed by atoms with Crippen LogP contribution in [-0.4, -0.2) is 44.4 Å². The third-order valence-electron chi connectivity index (χ3n) is 5.88. The van der Waals surface area contributed by atoms with E-state index in [2.05, 4.69) is 0 Å². The predicted octanol–water partition coefficient (Wildman–Crippen LogP) is 5.05. The van der Waals surface area contributed by atoms with Crippen LogP contribution in [0.2, 0.25) is 5.02 Å². The molecule has 0 N–H and O–H groups in total. The van der Waals surface area contributed by atoms with Gasteiger partial charge in [0.05, 0.1) is 11.3 Å². The van der Waals surface area contributed by atoms with Crippen molar-refractivity contribution in [1.82, 2.24) is 5.06 Å². The second-order valence-electron chi connectivity index (χ2n) is 8.29. The summed E-state index contributed by atoms with van der Waals surface area (Å²) in [6.45, 7) is 0.771. The van der Waals surface area contributed by atoms with Gasteiger partial charge in [0.2, 0.25) is 6.41 Å². The zero-order chi connectivity index (χ0) is 24.7. The predicted molar refractivity (Wildman–Crippen MR) is 132 cm³/mol. The van der Waals surface area contributed by atoms with E-state index < -0.39 is 15.4 Å². The Hall–Kier alpha value is -2.91. The maximum atomic E-state index is 13.7. The van der Waals surface area contributed by atoms with Crippen molar-refractivity contribution in [1.29, 1.82) is 0 Å². The average Bonchev–Trinajstić information content (AvgIpc) is 2.87. The zero-order valence-corrected chi connectivity index (χ0v) is 20.6. The van der Waals surface area contributed by atoms with Gasteiger partial charge in [0.25, 0.3) is 0 Å². The highest BCUT2D eigenvalue weighted by atomic mass is 35.5. The molecule has 1 aliphatic heterocycles. The second kappa shape index (κ2) is 11.2. The highest BCUT2D eigenvalue weighted by molar-refractivity contribution is 7.91. The molecule has 35 heavy (non-hydrogen) atoms. The van der Waals surface area contributed by atoms with Gasteiger partial charge in [-0.2, -0.15) is 0 Å². The molecule has 9 heteroatoms. The number of hydrogen-bond donors (Lipinski definition) is 0. The number of sulfone groups is 1. The lowest BCUT2D eigenvalue weighted by atomic mass is 9.92. The zero-order valence-electron chi connectivity index (χ0n) is 19.0.